The minimum Gasteiger partial charge on any atom is -0.424 e. The highest BCUT2D eigenvalue weighted by molar-refractivity contribution is 4.94. The van der Waals surface area contributed by atoms with E-state index in [4.69, 9.17) is 9.15 Å². The van der Waals surface area contributed by atoms with Crippen molar-refractivity contribution in [1.29, 1.82) is 0 Å². The van der Waals surface area contributed by atoms with Crippen LogP contribution in [0.1, 0.15) is 32.0 Å². The molecule has 1 aliphatic rings. The molecular formula is C10H17N3O2. The van der Waals surface area contributed by atoms with E-state index in [1.807, 2.05) is 0 Å². The zero-order valence-electron chi connectivity index (χ0n) is 9.41. The van der Waals surface area contributed by atoms with E-state index in [1.165, 1.54) is 0 Å². The van der Waals surface area contributed by atoms with E-state index in [0.29, 0.717) is 18.3 Å². The molecule has 2 unspecified atom stereocenters. The van der Waals surface area contributed by atoms with Crippen molar-refractivity contribution < 1.29 is 9.15 Å². The molecular weight excluding hydrogens is 194 g/mol. The summed E-state index contributed by atoms with van der Waals surface area (Å²) >= 11 is 0. The Bertz CT molecular complexity index is 339. The molecule has 1 N–H and O–H groups in total. The molecule has 0 amide bonds. The van der Waals surface area contributed by atoms with Crippen LogP contribution in [-0.2, 0) is 11.3 Å². The lowest BCUT2D eigenvalue weighted by Gasteiger charge is -2.28. The van der Waals surface area contributed by atoms with Gasteiger partial charge in [-0.1, -0.05) is 0 Å². The number of aromatic nitrogens is 2. The van der Waals surface area contributed by atoms with E-state index in [1.54, 1.807) is 6.92 Å². The van der Waals surface area contributed by atoms with Gasteiger partial charge in [0.15, 0.2) is 0 Å². The highest BCUT2D eigenvalue weighted by Gasteiger charge is 2.36. The van der Waals surface area contributed by atoms with Gasteiger partial charge in [-0.2, -0.15) is 0 Å². The number of aryl methyl sites for hydroxylation is 1. The lowest BCUT2D eigenvalue weighted by molar-refractivity contribution is 0.0872. The van der Waals surface area contributed by atoms with Crippen LogP contribution in [-0.4, -0.2) is 28.4 Å². The van der Waals surface area contributed by atoms with Crippen molar-refractivity contribution in [1.82, 2.24) is 15.5 Å². The molecule has 5 heteroatoms. The number of rotatable bonds is 3. The Morgan fingerprint density at radius 3 is 2.87 bits per heavy atom. The van der Waals surface area contributed by atoms with Gasteiger partial charge in [-0.25, -0.2) is 0 Å². The van der Waals surface area contributed by atoms with Crippen molar-refractivity contribution in [3.05, 3.63) is 11.8 Å². The van der Waals surface area contributed by atoms with E-state index < -0.39 is 0 Å². The van der Waals surface area contributed by atoms with E-state index in [9.17, 15) is 0 Å². The predicted molar refractivity (Wildman–Crippen MR) is 54.3 cm³/mol. The van der Waals surface area contributed by atoms with Gasteiger partial charge in [0.1, 0.15) is 0 Å². The van der Waals surface area contributed by atoms with Gasteiger partial charge in [0.25, 0.3) is 0 Å². The summed E-state index contributed by atoms with van der Waals surface area (Å²) in [5.41, 5.74) is 0.0162. The fourth-order valence-electron chi connectivity index (χ4n) is 1.75. The third-order valence-electron chi connectivity index (χ3n) is 3.10. The van der Waals surface area contributed by atoms with Crippen LogP contribution in [0.5, 0.6) is 0 Å². The summed E-state index contributed by atoms with van der Waals surface area (Å²) in [6, 6.07) is 0. The van der Waals surface area contributed by atoms with Gasteiger partial charge in [0.05, 0.1) is 12.6 Å². The zero-order valence-corrected chi connectivity index (χ0v) is 9.41. The molecule has 2 heterocycles. The average Bonchev–Trinajstić information content (AvgIpc) is 2.73. The smallest absolute Gasteiger partial charge is 0.230 e. The van der Waals surface area contributed by atoms with E-state index in [2.05, 4.69) is 29.4 Å². The molecule has 0 spiro atoms. The molecule has 2 atom stereocenters. The van der Waals surface area contributed by atoms with Crippen molar-refractivity contribution in [2.45, 2.75) is 45.4 Å². The first-order valence-corrected chi connectivity index (χ1v) is 5.26. The van der Waals surface area contributed by atoms with Crippen LogP contribution in [0.3, 0.4) is 0 Å². The monoisotopic (exact) mass is 211 g/mol. The number of nitrogens with zero attached hydrogens (tertiary/aromatic N) is 2. The molecule has 2 rings (SSSR count). The van der Waals surface area contributed by atoms with Gasteiger partial charge in [-0.15, -0.1) is 10.2 Å². The predicted octanol–water partition coefficient (Wildman–Crippen LogP) is 1.04. The van der Waals surface area contributed by atoms with E-state index in [-0.39, 0.29) is 11.6 Å². The number of hydrogen-bond donors (Lipinski definition) is 1. The van der Waals surface area contributed by atoms with Crippen molar-refractivity contribution >= 4 is 0 Å². The Balaban J connectivity index is 1.92. The molecule has 0 bridgehead atoms. The third-order valence-corrected chi connectivity index (χ3v) is 3.10. The highest BCUT2D eigenvalue weighted by Crippen LogP contribution is 2.25. The molecule has 1 aromatic rings. The van der Waals surface area contributed by atoms with Crippen molar-refractivity contribution in [2.75, 3.05) is 6.61 Å². The first-order valence-electron chi connectivity index (χ1n) is 5.26. The average molecular weight is 211 g/mol. The minimum absolute atomic E-state index is 0.0162. The highest BCUT2D eigenvalue weighted by atomic mass is 16.5. The summed E-state index contributed by atoms with van der Waals surface area (Å²) in [5.74, 6) is 1.24. The maximum Gasteiger partial charge on any atom is 0.230 e. The van der Waals surface area contributed by atoms with Crippen LogP contribution < -0.4 is 5.32 Å². The van der Waals surface area contributed by atoms with Gasteiger partial charge < -0.3 is 14.5 Å². The first-order chi connectivity index (χ1) is 7.10. The summed E-state index contributed by atoms with van der Waals surface area (Å²) in [4.78, 5) is 0. The second-order valence-corrected chi connectivity index (χ2v) is 4.25. The fraction of sp³-hybridized carbons (Fsp3) is 0.800. The van der Waals surface area contributed by atoms with Gasteiger partial charge in [-0.05, 0) is 20.3 Å². The molecule has 0 aliphatic carbocycles. The fourth-order valence-corrected chi connectivity index (χ4v) is 1.75. The topological polar surface area (TPSA) is 60.2 Å². The quantitative estimate of drug-likeness (QED) is 0.809. The second-order valence-electron chi connectivity index (χ2n) is 4.25. The van der Waals surface area contributed by atoms with Crippen LogP contribution >= 0.6 is 0 Å². The zero-order chi connectivity index (χ0) is 10.9. The lowest BCUT2D eigenvalue weighted by Crippen LogP contribution is -2.47. The molecule has 1 fully saturated rings. The van der Waals surface area contributed by atoms with Crippen molar-refractivity contribution in [3.8, 4) is 0 Å². The molecule has 1 aliphatic heterocycles. The molecule has 84 valence electrons. The Labute approximate surface area is 89.2 Å². The van der Waals surface area contributed by atoms with E-state index in [0.717, 1.165) is 13.0 Å². The second kappa shape index (κ2) is 3.90. The summed E-state index contributed by atoms with van der Waals surface area (Å²) in [6.45, 7) is 7.45. The molecule has 5 nitrogen and oxygen atoms in total. The van der Waals surface area contributed by atoms with Crippen molar-refractivity contribution in [3.63, 3.8) is 0 Å². The van der Waals surface area contributed by atoms with Gasteiger partial charge in [0.2, 0.25) is 11.8 Å². The lowest BCUT2D eigenvalue weighted by atomic mass is 9.95. The summed E-state index contributed by atoms with van der Waals surface area (Å²) in [6.07, 6.45) is 1.24. The van der Waals surface area contributed by atoms with Crippen LogP contribution in [0.4, 0.5) is 0 Å². The molecule has 0 saturated carbocycles. The molecule has 0 aromatic carbocycles. The Kier molecular flexibility index (Phi) is 2.75. The van der Waals surface area contributed by atoms with Crippen LogP contribution in [0.25, 0.3) is 0 Å². The Morgan fingerprint density at radius 2 is 2.33 bits per heavy atom. The van der Waals surface area contributed by atoms with Crippen molar-refractivity contribution in [2.24, 2.45) is 0 Å². The van der Waals surface area contributed by atoms with Gasteiger partial charge in [-0.3, -0.25) is 0 Å². The number of hydrogen-bond acceptors (Lipinski definition) is 5. The summed E-state index contributed by atoms with van der Waals surface area (Å²) < 4.78 is 10.8. The van der Waals surface area contributed by atoms with Crippen LogP contribution in [0, 0.1) is 6.92 Å². The molecule has 1 saturated heterocycles. The Hall–Kier alpha value is -0.940. The van der Waals surface area contributed by atoms with Gasteiger partial charge in [0, 0.05) is 19.1 Å². The SMILES string of the molecule is Cc1nnc(CNC2(C)CCOC2C)o1. The minimum atomic E-state index is 0.0162. The van der Waals surface area contributed by atoms with Crippen LogP contribution in [0.15, 0.2) is 4.42 Å². The summed E-state index contributed by atoms with van der Waals surface area (Å²) in [5, 5.41) is 11.1. The maximum absolute atomic E-state index is 5.53. The van der Waals surface area contributed by atoms with Crippen LogP contribution in [0.2, 0.25) is 0 Å². The van der Waals surface area contributed by atoms with Gasteiger partial charge >= 0.3 is 0 Å². The molecule has 0 radical (unpaired) electrons. The van der Waals surface area contributed by atoms with E-state index >= 15 is 0 Å². The molecule has 15 heavy (non-hydrogen) atoms. The maximum atomic E-state index is 5.53. The number of nitrogens with one attached hydrogen (secondary N) is 1. The largest absolute Gasteiger partial charge is 0.424 e. The third kappa shape index (κ3) is 2.18. The summed E-state index contributed by atoms with van der Waals surface area (Å²) in [7, 11) is 0. The first kappa shape index (κ1) is 10.6. The standard InChI is InChI=1S/C10H17N3O2/c1-7-10(3,4-5-14-7)11-6-9-13-12-8(2)15-9/h7,11H,4-6H2,1-3H3. The molecule has 1 aromatic heterocycles. The number of ether oxygens (including phenoxy) is 1. The normalized spacial score (nSPS) is 31.0. The Morgan fingerprint density at radius 1 is 1.53 bits per heavy atom.